The van der Waals surface area contributed by atoms with Crippen molar-refractivity contribution in [1.82, 2.24) is 4.72 Å². The minimum absolute atomic E-state index is 0.0543. The second kappa shape index (κ2) is 6.34. The van der Waals surface area contributed by atoms with Gasteiger partial charge in [-0.05, 0) is 37.1 Å². The Bertz CT molecular complexity index is 563. The summed E-state index contributed by atoms with van der Waals surface area (Å²) in [5.41, 5.74) is 0.312. The molecule has 1 aliphatic rings. The summed E-state index contributed by atoms with van der Waals surface area (Å²) in [6.45, 7) is 0.488. The molecule has 1 saturated carbocycles. The van der Waals surface area contributed by atoms with E-state index in [1.165, 1.54) is 31.4 Å². The molecule has 6 nitrogen and oxygen atoms in total. The van der Waals surface area contributed by atoms with Gasteiger partial charge in [-0.25, -0.2) is 17.9 Å². The van der Waals surface area contributed by atoms with Crippen molar-refractivity contribution < 1.29 is 22.7 Å². The molecule has 0 saturated heterocycles. The van der Waals surface area contributed by atoms with Crippen LogP contribution in [0, 0.1) is 0 Å². The molecule has 0 aromatic heterocycles. The standard InChI is InChI=1S/C13H17NO5S/c1-18-8-9-19-13(15)10-2-6-12(7-3-10)20(16,17)14-11-4-5-11/h2-3,6-7,11,14H,4-5,8-9H2,1H3. The van der Waals surface area contributed by atoms with Gasteiger partial charge in [0, 0.05) is 13.2 Å². The van der Waals surface area contributed by atoms with Crippen molar-refractivity contribution in [1.29, 1.82) is 0 Å². The zero-order chi connectivity index (χ0) is 14.6. The van der Waals surface area contributed by atoms with Crippen molar-refractivity contribution in [3.8, 4) is 0 Å². The summed E-state index contributed by atoms with van der Waals surface area (Å²) in [6, 6.07) is 5.74. The van der Waals surface area contributed by atoms with E-state index in [1.807, 2.05) is 0 Å². The van der Waals surface area contributed by atoms with Crippen LogP contribution < -0.4 is 4.72 Å². The second-order valence-electron chi connectivity index (χ2n) is 4.55. The van der Waals surface area contributed by atoms with Crippen LogP contribution in [0.5, 0.6) is 0 Å². The van der Waals surface area contributed by atoms with Crippen LogP contribution in [0.4, 0.5) is 0 Å². The quantitative estimate of drug-likeness (QED) is 0.598. The van der Waals surface area contributed by atoms with Gasteiger partial charge in [0.1, 0.15) is 6.61 Å². The summed E-state index contributed by atoms with van der Waals surface area (Å²) >= 11 is 0. The second-order valence-corrected chi connectivity index (χ2v) is 6.26. The summed E-state index contributed by atoms with van der Waals surface area (Å²) in [6.07, 6.45) is 1.76. The third-order valence-electron chi connectivity index (χ3n) is 2.82. The summed E-state index contributed by atoms with van der Waals surface area (Å²) in [7, 11) is -1.97. The maximum Gasteiger partial charge on any atom is 0.338 e. The first-order chi connectivity index (χ1) is 9.53. The van der Waals surface area contributed by atoms with Gasteiger partial charge in [-0.1, -0.05) is 0 Å². The van der Waals surface area contributed by atoms with E-state index in [9.17, 15) is 13.2 Å². The first-order valence-corrected chi connectivity index (χ1v) is 7.80. The first kappa shape index (κ1) is 15.0. The van der Waals surface area contributed by atoms with Crippen molar-refractivity contribution in [2.75, 3.05) is 20.3 Å². The summed E-state index contributed by atoms with van der Waals surface area (Å²) < 4.78 is 36.1. The Labute approximate surface area is 118 Å². The predicted molar refractivity (Wildman–Crippen MR) is 71.9 cm³/mol. The smallest absolute Gasteiger partial charge is 0.338 e. The molecule has 2 rings (SSSR count). The molecule has 0 atom stereocenters. The number of ether oxygens (including phenoxy) is 2. The topological polar surface area (TPSA) is 81.7 Å². The lowest BCUT2D eigenvalue weighted by Crippen LogP contribution is -2.25. The van der Waals surface area contributed by atoms with Crippen LogP contribution in [0.25, 0.3) is 0 Å². The number of esters is 1. The van der Waals surface area contributed by atoms with E-state index < -0.39 is 16.0 Å². The van der Waals surface area contributed by atoms with Gasteiger partial charge in [-0.15, -0.1) is 0 Å². The van der Waals surface area contributed by atoms with Crippen LogP contribution in [0.2, 0.25) is 0 Å². The van der Waals surface area contributed by atoms with E-state index in [0.29, 0.717) is 12.2 Å². The highest BCUT2D eigenvalue weighted by molar-refractivity contribution is 7.89. The fourth-order valence-electron chi connectivity index (χ4n) is 1.56. The third-order valence-corrected chi connectivity index (χ3v) is 4.36. The Morgan fingerprint density at radius 1 is 1.25 bits per heavy atom. The van der Waals surface area contributed by atoms with Gasteiger partial charge in [-0.2, -0.15) is 0 Å². The number of nitrogens with one attached hydrogen (secondary N) is 1. The predicted octanol–water partition coefficient (Wildman–Crippen LogP) is 0.930. The number of rotatable bonds is 7. The lowest BCUT2D eigenvalue weighted by Gasteiger charge is -2.07. The van der Waals surface area contributed by atoms with E-state index >= 15 is 0 Å². The van der Waals surface area contributed by atoms with Crippen molar-refractivity contribution in [3.63, 3.8) is 0 Å². The van der Waals surface area contributed by atoms with Crippen LogP contribution in [0.1, 0.15) is 23.2 Å². The fraction of sp³-hybridized carbons (Fsp3) is 0.462. The molecule has 1 fully saturated rings. The maximum absolute atomic E-state index is 11.9. The number of carbonyl (C=O) groups is 1. The van der Waals surface area contributed by atoms with Crippen LogP contribution in [-0.2, 0) is 19.5 Å². The highest BCUT2D eigenvalue weighted by Crippen LogP contribution is 2.22. The van der Waals surface area contributed by atoms with Gasteiger partial charge in [0.25, 0.3) is 0 Å². The Kier molecular flexibility index (Phi) is 4.74. The van der Waals surface area contributed by atoms with E-state index in [-0.39, 0.29) is 17.5 Å². The maximum atomic E-state index is 11.9. The van der Waals surface area contributed by atoms with Crippen LogP contribution in [0.15, 0.2) is 29.2 Å². The van der Waals surface area contributed by atoms with Crippen LogP contribution in [-0.4, -0.2) is 40.8 Å². The molecule has 1 aromatic carbocycles. The van der Waals surface area contributed by atoms with E-state index in [1.54, 1.807) is 0 Å². The van der Waals surface area contributed by atoms with Crippen molar-refractivity contribution in [2.24, 2.45) is 0 Å². The van der Waals surface area contributed by atoms with Crippen LogP contribution >= 0.6 is 0 Å². The number of benzene rings is 1. The Balaban J connectivity index is 2.00. The molecular formula is C13H17NO5S. The summed E-state index contributed by atoms with van der Waals surface area (Å²) in [5.74, 6) is -0.499. The van der Waals surface area contributed by atoms with E-state index in [2.05, 4.69) is 4.72 Å². The zero-order valence-corrected chi connectivity index (χ0v) is 12.0. The number of hydrogen-bond donors (Lipinski definition) is 1. The molecule has 0 aliphatic heterocycles. The van der Waals surface area contributed by atoms with Crippen molar-refractivity contribution in [2.45, 2.75) is 23.8 Å². The number of sulfonamides is 1. The average Bonchev–Trinajstić information content (AvgIpc) is 3.22. The van der Waals surface area contributed by atoms with E-state index in [0.717, 1.165) is 12.8 Å². The highest BCUT2D eigenvalue weighted by Gasteiger charge is 2.27. The van der Waals surface area contributed by atoms with Crippen molar-refractivity contribution >= 4 is 16.0 Å². The Morgan fingerprint density at radius 3 is 2.45 bits per heavy atom. The molecular weight excluding hydrogens is 282 g/mol. The lowest BCUT2D eigenvalue weighted by molar-refractivity contribution is 0.0388. The largest absolute Gasteiger partial charge is 0.460 e. The third kappa shape index (κ3) is 4.03. The zero-order valence-electron chi connectivity index (χ0n) is 11.2. The van der Waals surface area contributed by atoms with E-state index in [4.69, 9.17) is 9.47 Å². The highest BCUT2D eigenvalue weighted by atomic mass is 32.2. The Morgan fingerprint density at radius 2 is 1.90 bits per heavy atom. The molecule has 7 heteroatoms. The van der Waals surface area contributed by atoms with Crippen molar-refractivity contribution in [3.05, 3.63) is 29.8 Å². The van der Waals surface area contributed by atoms with Gasteiger partial charge in [0.05, 0.1) is 17.1 Å². The minimum atomic E-state index is -3.48. The molecule has 1 aliphatic carbocycles. The molecule has 1 N–H and O–H groups in total. The monoisotopic (exact) mass is 299 g/mol. The average molecular weight is 299 g/mol. The normalized spacial score (nSPS) is 15.1. The van der Waals surface area contributed by atoms with Gasteiger partial charge < -0.3 is 9.47 Å². The summed E-state index contributed by atoms with van der Waals surface area (Å²) in [5, 5.41) is 0. The lowest BCUT2D eigenvalue weighted by atomic mass is 10.2. The molecule has 20 heavy (non-hydrogen) atoms. The SMILES string of the molecule is COCCOC(=O)c1ccc(S(=O)(=O)NC2CC2)cc1. The van der Waals surface area contributed by atoms with Gasteiger partial charge in [0.15, 0.2) is 0 Å². The van der Waals surface area contributed by atoms with Gasteiger partial charge in [-0.3, -0.25) is 0 Å². The summed E-state index contributed by atoms with van der Waals surface area (Å²) in [4.78, 5) is 11.8. The van der Waals surface area contributed by atoms with Crippen LogP contribution in [0.3, 0.4) is 0 Å². The molecule has 110 valence electrons. The van der Waals surface area contributed by atoms with Gasteiger partial charge >= 0.3 is 5.97 Å². The molecule has 0 unspecified atom stereocenters. The molecule has 1 aromatic rings. The first-order valence-electron chi connectivity index (χ1n) is 6.31. The van der Waals surface area contributed by atoms with Gasteiger partial charge in [0.2, 0.25) is 10.0 Å². The molecule has 0 spiro atoms. The number of hydrogen-bond acceptors (Lipinski definition) is 5. The molecule has 0 heterocycles. The number of carbonyl (C=O) groups excluding carboxylic acids is 1. The molecule has 0 bridgehead atoms. The minimum Gasteiger partial charge on any atom is -0.460 e. The molecule has 0 amide bonds. The fourth-order valence-corrected chi connectivity index (χ4v) is 2.86. The number of methoxy groups -OCH3 is 1. The molecule has 0 radical (unpaired) electrons. The Hall–Kier alpha value is -1.44.